The number of aromatic nitrogens is 1. The minimum atomic E-state index is -0.466. The zero-order chi connectivity index (χ0) is 20.4. The summed E-state index contributed by atoms with van der Waals surface area (Å²) in [6, 6.07) is 6.38. The smallest absolute Gasteiger partial charge is 0.410 e. The Morgan fingerprint density at radius 1 is 1.28 bits per heavy atom. The number of carbonyl (C=O) groups is 1. The zero-order valence-electron chi connectivity index (χ0n) is 17.4. The number of fused-ring (bicyclic) bond motifs is 1. The topological polar surface area (TPSA) is 63.7 Å². The molecule has 1 aromatic heterocycles. The number of hydrogen-bond acceptors (Lipinski definition) is 6. The number of piperidine rings is 1. The number of nitrogens with zero attached hydrogens (tertiary/aromatic N) is 2. The maximum Gasteiger partial charge on any atom is 0.410 e. The number of ether oxygens (including phenoxy) is 2. The lowest BCUT2D eigenvalue weighted by Crippen LogP contribution is -2.39. The molecule has 7 heteroatoms. The molecule has 2 aliphatic rings. The summed E-state index contributed by atoms with van der Waals surface area (Å²) in [5, 5.41) is 4.12. The number of hydrogen-bond donors (Lipinski definition) is 1. The Bertz CT molecular complexity index is 910. The summed E-state index contributed by atoms with van der Waals surface area (Å²) in [5.41, 5.74) is 2.97. The zero-order valence-corrected chi connectivity index (χ0v) is 18.2. The van der Waals surface area contributed by atoms with Crippen molar-refractivity contribution in [3.8, 4) is 5.19 Å². The molecule has 1 fully saturated rings. The third kappa shape index (κ3) is 5.08. The second-order valence-electron chi connectivity index (χ2n) is 8.64. The lowest BCUT2D eigenvalue weighted by Gasteiger charge is -2.29. The average Bonchev–Trinajstić information content (AvgIpc) is 3.09. The highest BCUT2D eigenvalue weighted by Gasteiger charge is 2.24. The van der Waals surface area contributed by atoms with Gasteiger partial charge in [-0.05, 0) is 76.4 Å². The van der Waals surface area contributed by atoms with E-state index in [0.29, 0.717) is 13.1 Å². The lowest BCUT2D eigenvalue weighted by molar-refractivity contribution is 0.0270. The first kappa shape index (κ1) is 20.2. The predicted molar refractivity (Wildman–Crippen MR) is 117 cm³/mol. The van der Waals surface area contributed by atoms with Crippen molar-refractivity contribution in [3.63, 3.8) is 0 Å². The van der Waals surface area contributed by atoms with Gasteiger partial charge in [0.2, 0.25) is 0 Å². The Balaban J connectivity index is 1.43. The molecule has 4 rings (SSSR count). The van der Waals surface area contributed by atoms with E-state index < -0.39 is 5.60 Å². The third-order valence-electron chi connectivity index (χ3n) is 5.15. The molecular formula is C22H29N3O3S. The van der Waals surface area contributed by atoms with Gasteiger partial charge in [-0.2, -0.15) is 0 Å². The summed E-state index contributed by atoms with van der Waals surface area (Å²) in [4.78, 5) is 18.7. The van der Waals surface area contributed by atoms with Crippen LogP contribution in [0, 0.1) is 0 Å². The monoisotopic (exact) mass is 415 g/mol. The summed E-state index contributed by atoms with van der Waals surface area (Å²) in [6.45, 7) is 8.94. The number of amides is 1. The van der Waals surface area contributed by atoms with E-state index in [9.17, 15) is 4.79 Å². The molecule has 0 saturated carbocycles. The summed E-state index contributed by atoms with van der Waals surface area (Å²) >= 11 is 1.62. The van der Waals surface area contributed by atoms with E-state index in [1.54, 1.807) is 16.2 Å². The van der Waals surface area contributed by atoms with Crippen molar-refractivity contribution in [2.75, 3.05) is 26.2 Å². The standard InChI is InChI=1S/C22H29N3O3S/c1-22(2,3)28-21(26)25-12-8-15(9-13-25)16-4-5-18-19(14-16)29-20(24-18)27-17-6-10-23-11-7-17/h4-5,8,14,17,23H,6-7,9-13H2,1-3H3. The average molecular weight is 416 g/mol. The summed E-state index contributed by atoms with van der Waals surface area (Å²) < 4.78 is 12.7. The van der Waals surface area contributed by atoms with Crippen molar-refractivity contribution < 1.29 is 14.3 Å². The van der Waals surface area contributed by atoms with Gasteiger partial charge >= 0.3 is 6.09 Å². The molecule has 156 valence electrons. The fourth-order valence-corrected chi connectivity index (χ4v) is 4.55. The first-order valence-corrected chi connectivity index (χ1v) is 11.1. The Morgan fingerprint density at radius 3 is 2.76 bits per heavy atom. The van der Waals surface area contributed by atoms with E-state index in [1.165, 1.54) is 11.1 Å². The minimum absolute atomic E-state index is 0.245. The van der Waals surface area contributed by atoms with Crippen LogP contribution in [-0.2, 0) is 4.74 Å². The first-order valence-electron chi connectivity index (χ1n) is 10.3. The van der Waals surface area contributed by atoms with Crippen LogP contribution in [0.25, 0.3) is 15.8 Å². The van der Waals surface area contributed by atoms with Crippen LogP contribution in [0.1, 0.15) is 45.6 Å². The Kier molecular flexibility index (Phi) is 5.79. The van der Waals surface area contributed by atoms with Crippen molar-refractivity contribution in [1.82, 2.24) is 15.2 Å². The molecule has 6 nitrogen and oxygen atoms in total. The molecule has 3 heterocycles. The molecule has 0 unspecified atom stereocenters. The second kappa shape index (κ2) is 8.32. The predicted octanol–water partition coefficient (Wildman–Crippen LogP) is 4.45. The van der Waals surface area contributed by atoms with Gasteiger partial charge in [0.25, 0.3) is 5.19 Å². The number of carbonyl (C=O) groups excluding carboxylic acids is 1. The third-order valence-corrected chi connectivity index (χ3v) is 6.06. The molecule has 1 saturated heterocycles. The van der Waals surface area contributed by atoms with Gasteiger partial charge in [-0.15, -0.1) is 0 Å². The molecule has 2 aromatic rings. The summed E-state index contributed by atoms with van der Waals surface area (Å²) in [6.07, 6.45) is 5.02. The van der Waals surface area contributed by atoms with E-state index in [0.717, 1.165) is 47.8 Å². The molecule has 1 aromatic carbocycles. The van der Waals surface area contributed by atoms with E-state index in [2.05, 4.69) is 34.6 Å². The SMILES string of the molecule is CC(C)(C)OC(=O)N1CC=C(c2ccc3nc(OC4CCNCC4)sc3c2)CC1. The number of rotatable bonds is 3. The van der Waals surface area contributed by atoms with Gasteiger partial charge in [0, 0.05) is 13.1 Å². The number of nitrogens with one attached hydrogen (secondary N) is 1. The largest absolute Gasteiger partial charge is 0.467 e. The van der Waals surface area contributed by atoms with Crippen LogP contribution in [0.2, 0.25) is 0 Å². The molecule has 0 bridgehead atoms. The van der Waals surface area contributed by atoms with Crippen LogP contribution < -0.4 is 10.1 Å². The van der Waals surface area contributed by atoms with Crippen molar-refractivity contribution in [2.24, 2.45) is 0 Å². The number of thiazole rings is 1. The second-order valence-corrected chi connectivity index (χ2v) is 9.63. The minimum Gasteiger partial charge on any atom is -0.467 e. The van der Waals surface area contributed by atoms with Crippen LogP contribution in [-0.4, -0.2) is 53.9 Å². The summed E-state index contributed by atoms with van der Waals surface area (Å²) in [7, 11) is 0. The van der Waals surface area contributed by atoms with Gasteiger partial charge in [0.1, 0.15) is 11.7 Å². The van der Waals surface area contributed by atoms with Gasteiger partial charge in [-0.1, -0.05) is 23.5 Å². The molecular weight excluding hydrogens is 386 g/mol. The molecule has 29 heavy (non-hydrogen) atoms. The van der Waals surface area contributed by atoms with Gasteiger partial charge in [-0.3, -0.25) is 0 Å². The molecule has 0 spiro atoms. The highest BCUT2D eigenvalue weighted by Crippen LogP contribution is 2.33. The molecule has 1 amide bonds. The van der Waals surface area contributed by atoms with Crippen LogP contribution in [0.3, 0.4) is 0 Å². The highest BCUT2D eigenvalue weighted by molar-refractivity contribution is 7.20. The maximum absolute atomic E-state index is 12.2. The van der Waals surface area contributed by atoms with Gasteiger partial charge in [-0.25, -0.2) is 9.78 Å². The first-order chi connectivity index (χ1) is 13.9. The molecule has 1 N–H and O–H groups in total. The maximum atomic E-state index is 12.2. The van der Waals surface area contributed by atoms with E-state index >= 15 is 0 Å². The van der Waals surface area contributed by atoms with E-state index in [4.69, 9.17) is 9.47 Å². The van der Waals surface area contributed by atoms with Gasteiger partial charge < -0.3 is 19.7 Å². The van der Waals surface area contributed by atoms with Crippen molar-refractivity contribution in [3.05, 3.63) is 29.8 Å². The molecule has 2 aliphatic heterocycles. The quantitative estimate of drug-likeness (QED) is 0.802. The van der Waals surface area contributed by atoms with Gasteiger partial charge in [0.15, 0.2) is 0 Å². The van der Waals surface area contributed by atoms with Crippen LogP contribution >= 0.6 is 11.3 Å². The molecule has 0 aliphatic carbocycles. The van der Waals surface area contributed by atoms with Crippen molar-refractivity contribution in [1.29, 1.82) is 0 Å². The lowest BCUT2D eigenvalue weighted by atomic mass is 9.99. The van der Waals surface area contributed by atoms with E-state index in [-0.39, 0.29) is 12.2 Å². The van der Waals surface area contributed by atoms with Crippen LogP contribution in [0.4, 0.5) is 4.79 Å². The van der Waals surface area contributed by atoms with Crippen LogP contribution in [0.5, 0.6) is 5.19 Å². The number of benzene rings is 1. The van der Waals surface area contributed by atoms with Crippen molar-refractivity contribution >= 4 is 33.2 Å². The Morgan fingerprint density at radius 2 is 2.07 bits per heavy atom. The Hall–Kier alpha value is -2.12. The van der Waals surface area contributed by atoms with E-state index in [1.807, 2.05) is 20.8 Å². The fraction of sp³-hybridized carbons (Fsp3) is 0.545. The Labute approximate surface area is 175 Å². The normalized spacial score (nSPS) is 18.6. The van der Waals surface area contributed by atoms with Crippen molar-refractivity contribution in [2.45, 2.75) is 51.7 Å². The molecule has 0 atom stereocenters. The van der Waals surface area contributed by atoms with Crippen LogP contribution in [0.15, 0.2) is 24.3 Å². The van der Waals surface area contributed by atoms with Gasteiger partial charge in [0.05, 0.1) is 10.2 Å². The molecule has 0 radical (unpaired) electrons. The highest BCUT2D eigenvalue weighted by atomic mass is 32.1. The summed E-state index contributed by atoms with van der Waals surface area (Å²) in [5.74, 6) is 0. The fourth-order valence-electron chi connectivity index (χ4n) is 3.63.